The average molecular weight is 1120 g/mol. The van der Waals surface area contributed by atoms with Crippen molar-refractivity contribution in [2.24, 2.45) is 23.0 Å². The lowest BCUT2D eigenvalue weighted by Crippen LogP contribution is -2.61. The van der Waals surface area contributed by atoms with Crippen molar-refractivity contribution >= 4 is 59.2 Å². The molecule has 10 N–H and O–H groups in total. The number of anilines is 2. The van der Waals surface area contributed by atoms with E-state index in [4.69, 9.17) is 15.2 Å². The molecule has 0 aliphatic heterocycles. The van der Waals surface area contributed by atoms with Gasteiger partial charge in [-0.3, -0.25) is 24.5 Å². The van der Waals surface area contributed by atoms with Crippen LogP contribution in [0.25, 0.3) is 11.1 Å². The lowest BCUT2D eigenvalue weighted by atomic mass is 9.76. The highest BCUT2D eigenvalue weighted by molar-refractivity contribution is 5.98. The van der Waals surface area contributed by atoms with Gasteiger partial charge in [0, 0.05) is 41.9 Å². The third kappa shape index (κ3) is 17.1. The third-order valence-electron chi connectivity index (χ3n) is 14.5. The number of carboxylic acids is 1. The van der Waals surface area contributed by atoms with E-state index >= 15 is 0 Å². The Morgan fingerprint density at radius 1 is 0.704 bits per heavy atom. The summed E-state index contributed by atoms with van der Waals surface area (Å²) in [5, 5.41) is 29.2. The quantitative estimate of drug-likeness (QED) is 0.0227. The Kier molecular flexibility index (Phi) is 22.2. The van der Waals surface area contributed by atoms with E-state index in [1.54, 1.807) is 76.5 Å². The van der Waals surface area contributed by atoms with Crippen molar-refractivity contribution in [2.45, 2.75) is 130 Å². The van der Waals surface area contributed by atoms with Gasteiger partial charge in [0.05, 0.1) is 12.1 Å². The molecule has 0 spiro atoms. The number of alkyl carbamates (subject to hydrolysis) is 1. The van der Waals surface area contributed by atoms with Crippen molar-refractivity contribution in [2.75, 3.05) is 37.9 Å². The number of hydrogen-bond donors (Lipinski definition) is 9. The summed E-state index contributed by atoms with van der Waals surface area (Å²) >= 11 is 0. The van der Waals surface area contributed by atoms with Crippen molar-refractivity contribution in [1.29, 1.82) is 0 Å². The molecule has 1 aliphatic rings. The van der Waals surface area contributed by atoms with E-state index in [2.05, 4.69) is 37.2 Å². The van der Waals surface area contributed by atoms with Crippen molar-refractivity contribution in [3.63, 3.8) is 0 Å². The summed E-state index contributed by atoms with van der Waals surface area (Å²) in [6.07, 6.45) is 0.386. The summed E-state index contributed by atoms with van der Waals surface area (Å²) in [5.41, 5.74) is 10.0. The molecule has 0 bridgehead atoms. The lowest BCUT2D eigenvalue weighted by molar-refractivity contribution is -0.141. The number of nitrogens with one attached hydrogen (secondary N) is 7. The molecule has 0 unspecified atom stereocenters. The molecule has 0 heterocycles. The number of amides is 8. The van der Waals surface area contributed by atoms with Crippen molar-refractivity contribution < 1.29 is 52.9 Å². The maximum absolute atomic E-state index is 14.2. The fourth-order valence-corrected chi connectivity index (χ4v) is 9.85. The van der Waals surface area contributed by atoms with E-state index < -0.39 is 88.9 Å². The van der Waals surface area contributed by atoms with Gasteiger partial charge in [-0.15, -0.1) is 0 Å². The molecule has 436 valence electrons. The molecule has 0 saturated carbocycles. The SMILES string of the molecule is CN[C@H](C(=O)N[C@H](C(=O)N(C)[C@H](/C=C(\C)C(=O)O)C(C)C)C(C)(C)C)C(C)(C)c1cccc(NC(=O)OCc2ccc(NC(=O)[C@H](CCCNC(N)=O)NC(=O)[C@@H](NC(=O)OCC3c4ccccc4-c4ccccc43)C(C)C)cc2)c1. The zero-order valence-corrected chi connectivity index (χ0v) is 48.5. The zero-order valence-electron chi connectivity index (χ0n) is 48.5. The molecule has 81 heavy (non-hydrogen) atoms. The van der Waals surface area contributed by atoms with Gasteiger partial charge in [-0.25, -0.2) is 19.2 Å². The predicted octanol–water partition coefficient (Wildman–Crippen LogP) is 7.78. The van der Waals surface area contributed by atoms with Gasteiger partial charge in [-0.1, -0.05) is 141 Å². The number of carboxylic acid groups (broad SMARTS) is 1. The Balaban J connectivity index is 1.18. The third-order valence-corrected chi connectivity index (χ3v) is 14.5. The molecule has 0 radical (unpaired) electrons. The summed E-state index contributed by atoms with van der Waals surface area (Å²) in [6, 6.07) is 24.1. The van der Waals surface area contributed by atoms with Crippen LogP contribution in [-0.4, -0.2) is 115 Å². The smallest absolute Gasteiger partial charge is 0.411 e. The molecular weight excluding hydrogens is 1030 g/mol. The van der Waals surface area contributed by atoms with E-state index in [0.717, 1.165) is 22.3 Å². The van der Waals surface area contributed by atoms with Gasteiger partial charge in [0.25, 0.3) is 0 Å². The number of benzene rings is 4. The number of rotatable bonds is 25. The van der Waals surface area contributed by atoms with Crippen molar-refractivity contribution in [3.8, 4) is 11.1 Å². The van der Waals surface area contributed by atoms with Gasteiger partial charge in [-0.2, -0.15) is 0 Å². The average Bonchev–Trinajstić information content (AvgIpc) is 3.73. The number of carbonyl (C=O) groups is 8. The molecule has 0 aromatic heterocycles. The molecule has 20 heteroatoms. The normalized spacial score (nSPS) is 14.2. The van der Waals surface area contributed by atoms with Crippen LogP contribution in [-0.2, 0) is 45.5 Å². The first-order valence-corrected chi connectivity index (χ1v) is 27.2. The summed E-state index contributed by atoms with van der Waals surface area (Å²) in [4.78, 5) is 107. The number of aliphatic carboxylic acids is 1. The summed E-state index contributed by atoms with van der Waals surface area (Å²) in [5.74, 6) is -3.78. The minimum atomic E-state index is -1.09. The van der Waals surface area contributed by atoms with Crippen LogP contribution in [0.3, 0.4) is 0 Å². The Bertz CT molecular complexity index is 2890. The first kappa shape index (κ1) is 63.6. The second kappa shape index (κ2) is 28.2. The predicted molar refractivity (Wildman–Crippen MR) is 311 cm³/mol. The molecule has 0 fully saturated rings. The second-order valence-corrected chi connectivity index (χ2v) is 22.7. The fourth-order valence-electron chi connectivity index (χ4n) is 9.85. The van der Waals surface area contributed by atoms with E-state index in [1.165, 1.54) is 11.8 Å². The van der Waals surface area contributed by atoms with Crippen LogP contribution < -0.4 is 43.0 Å². The van der Waals surface area contributed by atoms with Crippen LogP contribution in [0.1, 0.15) is 110 Å². The topological polar surface area (TPSA) is 289 Å². The van der Waals surface area contributed by atoms with Crippen molar-refractivity contribution in [1.82, 2.24) is 31.5 Å². The molecule has 4 aromatic carbocycles. The number of likely N-dealkylation sites (N-methyl/N-ethyl adjacent to an activating group) is 2. The van der Waals surface area contributed by atoms with Crippen LogP contribution >= 0.6 is 0 Å². The van der Waals surface area contributed by atoms with Crippen LogP contribution in [0, 0.1) is 17.3 Å². The molecule has 5 rings (SSSR count). The minimum absolute atomic E-state index is 0.0448. The molecule has 0 saturated heterocycles. The molecular formula is C61H81N9O11. The van der Waals surface area contributed by atoms with E-state index in [0.29, 0.717) is 22.5 Å². The Hall–Kier alpha value is -8.26. The standard InChI is InChI=1S/C61H81N9O11/c1-35(2)48(31-37(5)56(75)76)70(12)55(74)51(60(6,7)8)69-54(73)50(63-11)61(9,10)39-19-17-20-41(32-39)66-58(78)80-33-38-26-28-40(29-27-38)65-52(71)47(25-18-30-64-57(62)77)67-53(72)49(36(3)4)68-59(79)81-34-46-44-23-15-13-21-42(44)43-22-14-16-24-45(43)46/h13-17,19-24,26-29,31-32,35-36,46-51,63H,18,25,30,33-34H2,1-12H3,(H,65,71)(H,66,78)(H,67,72)(H,68,79)(H,69,73)(H,75,76)(H3,62,64,77)/b37-31+/t47-,48+,49-,50+,51+/m0/s1. The highest BCUT2D eigenvalue weighted by Crippen LogP contribution is 2.44. The minimum Gasteiger partial charge on any atom is -0.478 e. The van der Waals surface area contributed by atoms with Gasteiger partial charge in [0.15, 0.2) is 0 Å². The molecule has 1 aliphatic carbocycles. The Labute approximate surface area is 475 Å². The van der Waals surface area contributed by atoms with E-state index in [-0.39, 0.29) is 55.9 Å². The number of primary amides is 1. The monoisotopic (exact) mass is 1120 g/mol. The molecule has 8 amide bonds. The highest BCUT2D eigenvalue weighted by Gasteiger charge is 2.42. The van der Waals surface area contributed by atoms with Crippen LogP contribution in [0.4, 0.5) is 25.8 Å². The Morgan fingerprint density at radius 3 is 1.88 bits per heavy atom. The van der Waals surface area contributed by atoms with Gasteiger partial charge < -0.3 is 57.1 Å². The lowest BCUT2D eigenvalue weighted by Gasteiger charge is -2.40. The van der Waals surface area contributed by atoms with Gasteiger partial charge in [-0.05, 0) is 102 Å². The molecule has 5 atom stereocenters. The second-order valence-electron chi connectivity index (χ2n) is 22.7. The number of ether oxygens (including phenoxy) is 2. The molecule has 20 nitrogen and oxygen atoms in total. The van der Waals surface area contributed by atoms with Gasteiger partial charge >= 0.3 is 24.2 Å². The maximum Gasteiger partial charge on any atom is 0.411 e. The summed E-state index contributed by atoms with van der Waals surface area (Å²) < 4.78 is 11.3. The number of fused-ring (bicyclic) bond motifs is 3. The number of hydrogen-bond acceptors (Lipinski definition) is 11. The Morgan fingerprint density at radius 2 is 1.32 bits per heavy atom. The number of nitrogens with two attached hydrogens (primary N) is 1. The molecule has 4 aromatic rings. The number of urea groups is 1. The van der Waals surface area contributed by atoms with Crippen LogP contribution in [0.5, 0.6) is 0 Å². The number of carbonyl (C=O) groups excluding carboxylic acids is 7. The van der Waals surface area contributed by atoms with Crippen molar-refractivity contribution in [3.05, 3.63) is 131 Å². The van der Waals surface area contributed by atoms with Crippen LogP contribution in [0.15, 0.2) is 109 Å². The maximum atomic E-state index is 14.2. The summed E-state index contributed by atoms with van der Waals surface area (Å²) in [7, 11) is 3.25. The zero-order chi connectivity index (χ0) is 59.9. The largest absolute Gasteiger partial charge is 0.478 e. The van der Waals surface area contributed by atoms with E-state index in [1.807, 2.05) is 103 Å². The first-order valence-electron chi connectivity index (χ1n) is 27.2. The highest BCUT2D eigenvalue weighted by atomic mass is 16.6. The fraction of sp³-hybridized carbons (Fsp3) is 0.443. The number of nitrogens with zero attached hydrogens (tertiary/aromatic N) is 1. The van der Waals surface area contributed by atoms with E-state index in [9.17, 15) is 43.5 Å². The van der Waals surface area contributed by atoms with Gasteiger partial charge in [0.2, 0.25) is 23.6 Å². The first-order chi connectivity index (χ1) is 38.1. The van der Waals surface area contributed by atoms with Crippen LogP contribution in [0.2, 0.25) is 0 Å². The summed E-state index contributed by atoms with van der Waals surface area (Å²) in [6.45, 7) is 18.1. The van der Waals surface area contributed by atoms with Gasteiger partial charge in [0.1, 0.15) is 31.3 Å².